The molecule has 2 aliphatic heterocycles. The number of amides is 2. The predicted octanol–water partition coefficient (Wildman–Crippen LogP) is 3.26. The average Bonchev–Trinajstić information content (AvgIpc) is 3.21. The van der Waals surface area contributed by atoms with Gasteiger partial charge < -0.3 is 10.4 Å². The molecule has 1 saturated heterocycles. The number of carbonyl (C=O) groups excluding carboxylic acids is 2. The second-order valence-corrected chi connectivity index (χ2v) is 11.9. The summed E-state index contributed by atoms with van der Waals surface area (Å²) in [5.74, 6) is -1.74. The number of aromatic nitrogens is 2. The van der Waals surface area contributed by atoms with Gasteiger partial charge in [0.05, 0.1) is 10.8 Å². The summed E-state index contributed by atoms with van der Waals surface area (Å²) < 4.78 is 14.0. The summed E-state index contributed by atoms with van der Waals surface area (Å²) in [5, 5.41) is 20.7. The Morgan fingerprint density at radius 2 is 2.15 bits per heavy atom. The van der Waals surface area contributed by atoms with Crippen molar-refractivity contribution < 1.29 is 23.9 Å². The lowest BCUT2D eigenvalue weighted by molar-refractivity contribution is -0.150. The second-order valence-electron chi connectivity index (χ2n) is 6.95. The van der Waals surface area contributed by atoms with Crippen molar-refractivity contribution in [2.24, 2.45) is 0 Å². The molecule has 0 radical (unpaired) electrons. The summed E-state index contributed by atoms with van der Waals surface area (Å²) in [5.41, 5.74) is 0.599. The molecule has 1 aromatic carbocycles. The van der Waals surface area contributed by atoms with E-state index in [9.17, 15) is 23.9 Å². The van der Waals surface area contributed by atoms with Gasteiger partial charge in [0.2, 0.25) is 5.91 Å². The van der Waals surface area contributed by atoms with Crippen molar-refractivity contribution in [2.45, 2.75) is 27.6 Å². The van der Waals surface area contributed by atoms with Crippen LogP contribution in [0.5, 0.6) is 0 Å². The first kappa shape index (κ1) is 24.3. The van der Waals surface area contributed by atoms with Crippen LogP contribution in [0.1, 0.15) is 5.01 Å². The molecule has 2 amide bonds. The number of nitrogens with one attached hydrogen (secondary N) is 1. The van der Waals surface area contributed by atoms with Gasteiger partial charge in [-0.2, -0.15) is 0 Å². The van der Waals surface area contributed by atoms with Crippen LogP contribution < -0.4 is 5.32 Å². The van der Waals surface area contributed by atoms with Gasteiger partial charge in [0.1, 0.15) is 27.9 Å². The molecule has 8 nitrogen and oxygen atoms in total. The number of benzene rings is 1. The van der Waals surface area contributed by atoms with Gasteiger partial charge in [0.15, 0.2) is 4.34 Å². The lowest BCUT2D eigenvalue weighted by Gasteiger charge is -2.49. The van der Waals surface area contributed by atoms with Crippen molar-refractivity contribution in [1.82, 2.24) is 20.4 Å². The summed E-state index contributed by atoms with van der Waals surface area (Å²) in [4.78, 5) is 38.9. The highest BCUT2D eigenvalue weighted by Gasteiger charge is 2.54. The van der Waals surface area contributed by atoms with Gasteiger partial charge in [-0.1, -0.05) is 34.7 Å². The molecule has 2 aromatic rings. The molecule has 1 aromatic heterocycles. The molecule has 0 spiro atoms. The molecular formula is C19H16ClFN4O4S4. The summed E-state index contributed by atoms with van der Waals surface area (Å²) in [7, 11) is 0. The number of aliphatic carboxylic acids is 1. The van der Waals surface area contributed by atoms with E-state index < -0.39 is 29.1 Å². The second kappa shape index (κ2) is 10.2. The molecule has 4 rings (SSSR count). The number of thioether (sulfide) groups is 3. The number of β-lactam (4-membered cyclic amide) rings is 1. The number of fused-ring (bicyclic) bond motifs is 1. The highest BCUT2D eigenvalue weighted by atomic mass is 35.5. The number of aryl methyl sites for hydroxylation is 1. The normalized spacial score (nSPS) is 19.8. The summed E-state index contributed by atoms with van der Waals surface area (Å²) >= 11 is 11.1. The fourth-order valence-electron chi connectivity index (χ4n) is 3.21. The molecule has 0 aliphatic carbocycles. The van der Waals surface area contributed by atoms with Gasteiger partial charge in [-0.25, -0.2) is 9.18 Å². The third-order valence-electron chi connectivity index (χ3n) is 4.70. The SMILES string of the molecule is Cc1nnc(SCC2=C(C(=O)O)N3C(=O)C(NC(=O)CSc4ccc(F)c(Cl)c4)[C@H]3SC2)s1. The molecular weight excluding hydrogens is 531 g/mol. The molecule has 1 fully saturated rings. The van der Waals surface area contributed by atoms with Gasteiger partial charge in [-0.3, -0.25) is 14.5 Å². The highest BCUT2D eigenvalue weighted by Crippen LogP contribution is 2.41. The van der Waals surface area contributed by atoms with Crippen LogP contribution in [0.25, 0.3) is 0 Å². The maximum atomic E-state index is 13.3. The van der Waals surface area contributed by atoms with Crippen LogP contribution in [0, 0.1) is 12.7 Å². The van der Waals surface area contributed by atoms with E-state index in [-0.39, 0.29) is 22.4 Å². The van der Waals surface area contributed by atoms with Crippen molar-refractivity contribution in [3.05, 3.63) is 45.3 Å². The number of carboxylic acid groups (broad SMARTS) is 1. The van der Waals surface area contributed by atoms with Crippen LogP contribution >= 0.6 is 58.2 Å². The van der Waals surface area contributed by atoms with Crippen molar-refractivity contribution in [2.75, 3.05) is 17.3 Å². The van der Waals surface area contributed by atoms with Gasteiger partial charge in [0.25, 0.3) is 5.91 Å². The summed E-state index contributed by atoms with van der Waals surface area (Å²) in [6, 6.07) is 3.36. The van der Waals surface area contributed by atoms with E-state index in [1.54, 1.807) is 0 Å². The monoisotopic (exact) mass is 546 g/mol. The van der Waals surface area contributed by atoms with Gasteiger partial charge >= 0.3 is 5.97 Å². The van der Waals surface area contributed by atoms with Crippen molar-refractivity contribution in [1.29, 1.82) is 0 Å². The zero-order valence-electron chi connectivity index (χ0n) is 16.9. The average molecular weight is 547 g/mol. The number of rotatable bonds is 8. The molecule has 2 aliphatic rings. The van der Waals surface area contributed by atoms with Crippen LogP contribution in [0.4, 0.5) is 4.39 Å². The van der Waals surface area contributed by atoms with Crippen LogP contribution in [-0.4, -0.2) is 66.7 Å². The minimum absolute atomic E-state index is 0.00785. The fourth-order valence-corrected chi connectivity index (χ4v) is 7.50. The third-order valence-corrected chi connectivity index (χ3v) is 9.39. The third kappa shape index (κ3) is 5.32. The summed E-state index contributed by atoms with van der Waals surface area (Å²) in [6.45, 7) is 1.84. The quantitative estimate of drug-likeness (QED) is 0.380. The Kier molecular flexibility index (Phi) is 7.53. The van der Waals surface area contributed by atoms with E-state index in [1.165, 1.54) is 58.0 Å². The molecule has 14 heteroatoms. The maximum absolute atomic E-state index is 13.3. The molecule has 2 N–H and O–H groups in total. The molecule has 0 bridgehead atoms. The molecule has 0 saturated carbocycles. The molecule has 174 valence electrons. The number of nitrogens with zero attached hydrogens (tertiary/aromatic N) is 3. The Labute approximate surface area is 209 Å². The molecule has 2 atom stereocenters. The zero-order chi connectivity index (χ0) is 23.7. The number of carbonyl (C=O) groups is 3. The Morgan fingerprint density at radius 1 is 1.36 bits per heavy atom. The Morgan fingerprint density at radius 3 is 2.82 bits per heavy atom. The number of hydrogen-bond donors (Lipinski definition) is 2. The van der Waals surface area contributed by atoms with Gasteiger partial charge in [-0.15, -0.1) is 33.7 Å². The minimum Gasteiger partial charge on any atom is -0.477 e. The number of hydrogen-bond acceptors (Lipinski definition) is 9. The van der Waals surface area contributed by atoms with Crippen LogP contribution in [-0.2, 0) is 14.4 Å². The van der Waals surface area contributed by atoms with Gasteiger partial charge in [0, 0.05) is 16.4 Å². The van der Waals surface area contributed by atoms with E-state index in [0.29, 0.717) is 22.0 Å². The molecule has 1 unspecified atom stereocenters. The largest absolute Gasteiger partial charge is 0.477 e. The van der Waals surface area contributed by atoms with E-state index >= 15 is 0 Å². The Balaban J connectivity index is 1.37. The first-order chi connectivity index (χ1) is 15.7. The van der Waals surface area contributed by atoms with E-state index in [1.807, 2.05) is 6.92 Å². The zero-order valence-corrected chi connectivity index (χ0v) is 20.9. The van der Waals surface area contributed by atoms with Crippen LogP contribution in [0.3, 0.4) is 0 Å². The topological polar surface area (TPSA) is 112 Å². The lowest BCUT2D eigenvalue weighted by atomic mass is 10.0. The van der Waals surface area contributed by atoms with E-state index in [2.05, 4.69) is 15.5 Å². The van der Waals surface area contributed by atoms with Crippen LogP contribution in [0.15, 0.2) is 38.7 Å². The standard InChI is InChI=1S/C19H16ClFN4O4S4/c1-8-23-24-19(33-8)32-6-9-5-31-17-14(16(27)25(17)15(9)18(28)29)22-13(26)7-30-10-2-3-12(21)11(20)4-10/h2-4,14,17H,5-7H2,1H3,(H,22,26)(H,28,29)/t14?,17-/m1/s1. The lowest BCUT2D eigenvalue weighted by Crippen LogP contribution is -2.70. The summed E-state index contributed by atoms with van der Waals surface area (Å²) in [6.07, 6.45) is 0. The smallest absolute Gasteiger partial charge is 0.352 e. The van der Waals surface area contributed by atoms with Crippen molar-refractivity contribution >= 4 is 76.0 Å². The molecule has 33 heavy (non-hydrogen) atoms. The Hall–Kier alpha value is -1.80. The molecule has 3 heterocycles. The number of halogens is 2. The maximum Gasteiger partial charge on any atom is 0.352 e. The van der Waals surface area contributed by atoms with Gasteiger partial charge in [-0.05, 0) is 30.7 Å². The van der Waals surface area contributed by atoms with E-state index in [4.69, 9.17) is 11.6 Å². The first-order valence-electron chi connectivity index (χ1n) is 9.44. The minimum atomic E-state index is -1.17. The van der Waals surface area contributed by atoms with Crippen molar-refractivity contribution in [3.8, 4) is 0 Å². The Bertz CT molecular complexity index is 1160. The van der Waals surface area contributed by atoms with Crippen molar-refractivity contribution in [3.63, 3.8) is 0 Å². The predicted molar refractivity (Wildman–Crippen MR) is 127 cm³/mol. The number of carboxylic acids is 1. The van der Waals surface area contributed by atoms with E-state index in [0.717, 1.165) is 21.1 Å². The van der Waals surface area contributed by atoms with Crippen LogP contribution in [0.2, 0.25) is 5.02 Å². The first-order valence-corrected chi connectivity index (χ1v) is 13.7. The fraction of sp³-hybridized carbons (Fsp3) is 0.316. The highest BCUT2D eigenvalue weighted by molar-refractivity contribution is 8.02.